The molecule has 2 N–H and O–H groups in total. The molecular weight excluding hydrogens is 302 g/mol. The first-order valence-electron chi connectivity index (χ1n) is 6.92. The summed E-state index contributed by atoms with van der Waals surface area (Å²) in [7, 11) is 0. The van der Waals surface area contributed by atoms with Gasteiger partial charge < -0.3 is 10.4 Å². The summed E-state index contributed by atoms with van der Waals surface area (Å²) in [6.07, 6.45) is 1.26. The monoisotopic (exact) mass is 317 g/mol. The van der Waals surface area contributed by atoms with Gasteiger partial charge in [0, 0.05) is 17.8 Å². The second-order valence-corrected chi connectivity index (χ2v) is 5.79. The van der Waals surface area contributed by atoms with Crippen molar-refractivity contribution in [3.63, 3.8) is 0 Å². The van der Waals surface area contributed by atoms with Crippen LogP contribution < -0.4 is 5.32 Å². The Labute approximate surface area is 130 Å². The molecule has 0 aliphatic heterocycles. The Balaban J connectivity index is 1.68. The number of hydrogen-bond donors (Lipinski definition) is 2. The van der Waals surface area contributed by atoms with E-state index in [-0.39, 0.29) is 6.42 Å². The number of rotatable bonds is 7. The summed E-state index contributed by atoms with van der Waals surface area (Å²) in [4.78, 5) is 12.0. The number of hydrogen-bond acceptors (Lipinski definition) is 6. The first kappa shape index (κ1) is 14.5. The molecule has 0 spiro atoms. The molecule has 0 atom stereocenters. The maximum atomic E-state index is 10.7. The van der Waals surface area contributed by atoms with Crippen LogP contribution in [-0.2, 0) is 17.6 Å². The number of carboxylic acids is 1. The maximum absolute atomic E-state index is 10.7. The van der Waals surface area contributed by atoms with Crippen LogP contribution in [0.1, 0.15) is 17.1 Å². The lowest BCUT2D eigenvalue weighted by Gasteiger charge is -2.05. The fraction of sp³-hybridized carbons (Fsp3) is 0.286. The Morgan fingerprint density at radius 3 is 2.95 bits per heavy atom. The highest BCUT2D eigenvalue weighted by molar-refractivity contribution is 7.09. The molecule has 0 aliphatic rings. The molecule has 0 bridgehead atoms. The summed E-state index contributed by atoms with van der Waals surface area (Å²) in [5.74, 6) is 0.418. The van der Waals surface area contributed by atoms with Gasteiger partial charge in [0.05, 0.1) is 6.42 Å². The van der Waals surface area contributed by atoms with Crippen molar-refractivity contribution in [1.82, 2.24) is 19.8 Å². The van der Waals surface area contributed by atoms with E-state index < -0.39 is 5.97 Å². The Morgan fingerprint density at radius 1 is 1.27 bits per heavy atom. The Morgan fingerprint density at radius 2 is 2.18 bits per heavy atom. The van der Waals surface area contributed by atoms with Crippen LogP contribution in [0.3, 0.4) is 0 Å². The van der Waals surface area contributed by atoms with E-state index in [0.29, 0.717) is 17.9 Å². The third-order valence-corrected chi connectivity index (χ3v) is 4.08. The van der Waals surface area contributed by atoms with Gasteiger partial charge in [0.15, 0.2) is 11.5 Å². The molecule has 7 nitrogen and oxygen atoms in total. The highest BCUT2D eigenvalue weighted by atomic mass is 32.1. The molecule has 8 heteroatoms. The van der Waals surface area contributed by atoms with Crippen LogP contribution >= 0.6 is 11.3 Å². The highest BCUT2D eigenvalue weighted by Gasteiger charge is 2.09. The molecular formula is C14H15N5O2S. The topological polar surface area (TPSA) is 92.4 Å². The van der Waals surface area contributed by atoms with Gasteiger partial charge in [-0.05, 0) is 30.0 Å². The van der Waals surface area contributed by atoms with Gasteiger partial charge in [0.2, 0.25) is 0 Å². The molecule has 0 amide bonds. The molecule has 0 unspecified atom stereocenters. The Hall–Kier alpha value is -2.48. The zero-order valence-electron chi connectivity index (χ0n) is 11.8. The van der Waals surface area contributed by atoms with Crippen LogP contribution in [0.15, 0.2) is 29.6 Å². The predicted octanol–water partition coefficient (Wildman–Crippen LogP) is 1.86. The van der Waals surface area contributed by atoms with Gasteiger partial charge in [0.25, 0.3) is 0 Å². The second-order valence-electron chi connectivity index (χ2n) is 4.75. The van der Waals surface area contributed by atoms with Crippen molar-refractivity contribution < 1.29 is 9.90 Å². The quantitative estimate of drug-likeness (QED) is 0.691. The van der Waals surface area contributed by atoms with Crippen LogP contribution in [0.4, 0.5) is 5.82 Å². The molecule has 0 radical (unpaired) electrons. The molecule has 22 heavy (non-hydrogen) atoms. The van der Waals surface area contributed by atoms with Gasteiger partial charge in [-0.15, -0.1) is 26.6 Å². The number of aromatic nitrogens is 4. The zero-order chi connectivity index (χ0) is 15.4. The first-order chi connectivity index (χ1) is 10.7. The molecule has 3 aromatic heterocycles. The number of carboxylic acid groups (broad SMARTS) is 1. The number of carbonyl (C=O) groups is 1. The van der Waals surface area contributed by atoms with Gasteiger partial charge in [-0.2, -0.15) is 4.52 Å². The average molecular weight is 317 g/mol. The molecule has 0 saturated carbocycles. The number of thiophene rings is 1. The minimum atomic E-state index is -0.859. The smallest absolute Gasteiger partial charge is 0.303 e. The summed E-state index contributed by atoms with van der Waals surface area (Å²) in [5, 5.41) is 26.5. The third kappa shape index (κ3) is 3.40. The van der Waals surface area contributed by atoms with Crippen molar-refractivity contribution in [2.24, 2.45) is 0 Å². The SMILES string of the molecule is O=C(O)CCc1nnc2ccc(NCCc3cccs3)nn12. The van der Waals surface area contributed by atoms with Crippen molar-refractivity contribution in [2.45, 2.75) is 19.3 Å². The van der Waals surface area contributed by atoms with Crippen LogP contribution in [0.25, 0.3) is 5.65 Å². The molecule has 0 saturated heterocycles. The molecule has 0 aliphatic carbocycles. The number of aliphatic carboxylic acids is 1. The molecule has 3 aromatic rings. The normalized spacial score (nSPS) is 10.9. The lowest BCUT2D eigenvalue weighted by molar-refractivity contribution is -0.137. The fourth-order valence-corrected chi connectivity index (χ4v) is 2.78. The van der Waals surface area contributed by atoms with E-state index in [2.05, 4.69) is 32.1 Å². The minimum Gasteiger partial charge on any atom is -0.481 e. The number of nitrogens with zero attached hydrogens (tertiary/aromatic N) is 4. The van der Waals surface area contributed by atoms with Gasteiger partial charge in [-0.25, -0.2) is 0 Å². The maximum Gasteiger partial charge on any atom is 0.303 e. The van der Waals surface area contributed by atoms with Crippen molar-refractivity contribution in [2.75, 3.05) is 11.9 Å². The number of nitrogens with one attached hydrogen (secondary N) is 1. The fourth-order valence-electron chi connectivity index (χ4n) is 2.07. The van der Waals surface area contributed by atoms with Crippen LogP contribution in [0.5, 0.6) is 0 Å². The van der Waals surface area contributed by atoms with E-state index in [1.807, 2.05) is 18.2 Å². The summed E-state index contributed by atoms with van der Waals surface area (Å²) in [5.41, 5.74) is 0.615. The number of anilines is 1. The highest BCUT2D eigenvalue weighted by Crippen LogP contribution is 2.11. The second kappa shape index (κ2) is 6.52. The number of aryl methyl sites for hydroxylation is 1. The van der Waals surface area contributed by atoms with Crippen LogP contribution in [0.2, 0.25) is 0 Å². The third-order valence-electron chi connectivity index (χ3n) is 3.15. The van der Waals surface area contributed by atoms with E-state index in [0.717, 1.165) is 18.8 Å². The van der Waals surface area contributed by atoms with Gasteiger partial charge in [0.1, 0.15) is 5.82 Å². The molecule has 3 heterocycles. The van der Waals surface area contributed by atoms with Crippen LogP contribution in [-0.4, -0.2) is 37.4 Å². The van der Waals surface area contributed by atoms with E-state index in [4.69, 9.17) is 5.11 Å². The Kier molecular flexibility index (Phi) is 4.29. The van der Waals surface area contributed by atoms with Crippen LogP contribution in [0, 0.1) is 0 Å². The molecule has 114 valence electrons. The zero-order valence-corrected chi connectivity index (χ0v) is 12.6. The van der Waals surface area contributed by atoms with Gasteiger partial charge >= 0.3 is 5.97 Å². The predicted molar refractivity (Wildman–Crippen MR) is 83.3 cm³/mol. The summed E-state index contributed by atoms with van der Waals surface area (Å²) in [6.45, 7) is 0.783. The van der Waals surface area contributed by atoms with E-state index in [1.54, 1.807) is 15.9 Å². The Bertz CT molecular complexity index is 769. The summed E-state index contributed by atoms with van der Waals surface area (Å²) >= 11 is 1.73. The van der Waals surface area contributed by atoms with Gasteiger partial charge in [-0.3, -0.25) is 4.79 Å². The van der Waals surface area contributed by atoms with E-state index in [9.17, 15) is 4.79 Å². The van der Waals surface area contributed by atoms with Crippen molar-refractivity contribution in [3.8, 4) is 0 Å². The summed E-state index contributed by atoms with van der Waals surface area (Å²) < 4.78 is 1.59. The lowest BCUT2D eigenvalue weighted by atomic mass is 10.3. The number of fused-ring (bicyclic) bond motifs is 1. The average Bonchev–Trinajstić information content (AvgIpc) is 3.14. The van der Waals surface area contributed by atoms with E-state index in [1.165, 1.54) is 4.88 Å². The lowest BCUT2D eigenvalue weighted by Crippen LogP contribution is -2.09. The molecule has 3 rings (SSSR count). The summed E-state index contributed by atoms with van der Waals surface area (Å²) in [6, 6.07) is 7.81. The van der Waals surface area contributed by atoms with E-state index >= 15 is 0 Å². The van der Waals surface area contributed by atoms with Gasteiger partial charge in [-0.1, -0.05) is 6.07 Å². The van der Waals surface area contributed by atoms with Crippen molar-refractivity contribution in [1.29, 1.82) is 0 Å². The first-order valence-corrected chi connectivity index (χ1v) is 7.80. The molecule has 0 aromatic carbocycles. The largest absolute Gasteiger partial charge is 0.481 e. The molecule has 0 fully saturated rings. The van der Waals surface area contributed by atoms with Crippen molar-refractivity contribution >= 4 is 28.8 Å². The standard InChI is InChI=1S/C14H15N5O2S/c20-14(21)6-5-13-17-16-12-4-3-11(18-19(12)13)15-8-7-10-2-1-9-22-10/h1-4,9H,5-8H2,(H,15,18)(H,20,21). The van der Waals surface area contributed by atoms with Crippen molar-refractivity contribution in [3.05, 3.63) is 40.3 Å². The minimum absolute atomic E-state index is 0.0124.